The lowest BCUT2D eigenvalue weighted by Crippen LogP contribution is -2.15. The molecule has 2 aromatic heterocycles. The van der Waals surface area contributed by atoms with Crippen LogP contribution in [0.3, 0.4) is 0 Å². The van der Waals surface area contributed by atoms with Crippen molar-refractivity contribution in [2.24, 2.45) is 0 Å². The molecule has 0 unspecified atom stereocenters. The molecule has 0 radical (unpaired) electrons. The van der Waals surface area contributed by atoms with E-state index < -0.39 is 0 Å². The molecule has 0 atom stereocenters. The molecule has 5 heteroatoms. The molecule has 1 aliphatic rings. The topological polar surface area (TPSA) is 35.8 Å². The molecular formula is C15H11BrN2O2. The number of pyridine rings is 1. The summed E-state index contributed by atoms with van der Waals surface area (Å²) in [6.07, 6.45) is 3.99. The number of ether oxygens (including phenoxy) is 2. The fourth-order valence-electron chi connectivity index (χ4n) is 2.30. The van der Waals surface area contributed by atoms with Crippen molar-refractivity contribution in [2.45, 2.75) is 0 Å². The third kappa shape index (κ3) is 1.94. The van der Waals surface area contributed by atoms with Crippen molar-refractivity contribution >= 4 is 21.6 Å². The van der Waals surface area contributed by atoms with Gasteiger partial charge in [0.25, 0.3) is 0 Å². The van der Waals surface area contributed by atoms with E-state index >= 15 is 0 Å². The lowest BCUT2D eigenvalue weighted by atomic mass is 10.1. The molecule has 0 saturated carbocycles. The van der Waals surface area contributed by atoms with E-state index in [1.165, 1.54) is 0 Å². The highest BCUT2D eigenvalue weighted by Crippen LogP contribution is 2.34. The van der Waals surface area contributed by atoms with Crippen molar-refractivity contribution in [3.05, 3.63) is 47.2 Å². The Labute approximate surface area is 124 Å². The molecule has 3 aromatic rings. The van der Waals surface area contributed by atoms with Crippen LogP contribution in [0.1, 0.15) is 0 Å². The molecule has 20 heavy (non-hydrogen) atoms. The molecule has 0 saturated heterocycles. The SMILES string of the molecule is Brc1ccn2cc(-c3ccc4c(c3)OCCO4)nc2c1. The van der Waals surface area contributed by atoms with Gasteiger partial charge in [-0.1, -0.05) is 15.9 Å². The van der Waals surface area contributed by atoms with Crippen molar-refractivity contribution < 1.29 is 9.47 Å². The molecule has 1 aromatic carbocycles. The van der Waals surface area contributed by atoms with Crippen LogP contribution in [0.25, 0.3) is 16.9 Å². The minimum atomic E-state index is 0.592. The summed E-state index contributed by atoms with van der Waals surface area (Å²) in [7, 11) is 0. The first-order valence-corrected chi connectivity index (χ1v) is 7.13. The van der Waals surface area contributed by atoms with Gasteiger partial charge in [0.05, 0.1) is 5.69 Å². The van der Waals surface area contributed by atoms with E-state index in [2.05, 4.69) is 20.9 Å². The standard InChI is InChI=1S/C15H11BrN2O2/c16-11-3-4-18-9-12(17-15(18)8-11)10-1-2-13-14(7-10)20-6-5-19-13/h1-4,7-9H,5-6H2. The monoisotopic (exact) mass is 330 g/mol. The molecule has 0 amide bonds. The van der Waals surface area contributed by atoms with Gasteiger partial charge in [0, 0.05) is 22.4 Å². The van der Waals surface area contributed by atoms with Gasteiger partial charge in [-0.15, -0.1) is 0 Å². The Balaban J connectivity index is 1.82. The van der Waals surface area contributed by atoms with Crippen LogP contribution in [0.5, 0.6) is 11.5 Å². The Hall–Kier alpha value is -2.01. The maximum Gasteiger partial charge on any atom is 0.162 e. The van der Waals surface area contributed by atoms with E-state index in [1.54, 1.807) is 0 Å². The molecule has 0 aliphatic carbocycles. The van der Waals surface area contributed by atoms with Crippen LogP contribution in [-0.4, -0.2) is 22.6 Å². The molecule has 0 spiro atoms. The lowest BCUT2D eigenvalue weighted by Gasteiger charge is -2.18. The molecule has 4 rings (SSSR count). The van der Waals surface area contributed by atoms with E-state index in [9.17, 15) is 0 Å². The Morgan fingerprint density at radius 1 is 1.05 bits per heavy atom. The second-order valence-corrected chi connectivity index (χ2v) is 5.51. The van der Waals surface area contributed by atoms with E-state index in [0.717, 1.165) is 32.9 Å². The first-order valence-electron chi connectivity index (χ1n) is 6.34. The van der Waals surface area contributed by atoms with Crippen LogP contribution < -0.4 is 9.47 Å². The lowest BCUT2D eigenvalue weighted by molar-refractivity contribution is 0.171. The largest absolute Gasteiger partial charge is 0.486 e. The van der Waals surface area contributed by atoms with E-state index in [0.29, 0.717) is 13.2 Å². The molecule has 100 valence electrons. The highest BCUT2D eigenvalue weighted by molar-refractivity contribution is 9.10. The second-order valence-electron chi connectivity index (χ2n) is 4.60. The van der Waals surface area contributed by atoms with Crippen LogP contribution in [0.15, 0.2) is 47.2 Å². The number of imidazole rings is 1. The zero-order valence-electron chi connectivity index (χ0n) is 10.5. The summed E-state index contributed by atoms with van der Waals surface area (Å²) in [6, 6.07) is 9.89. The van der Waals surface area contributed by atoms with Crippen LogP contribution in [0, 0.1) is 0 Å². The highest BCUT2D eigenvalue weighted by atomic mass is 79.9. The van der Waals surface area contributed by atoms with Crippen molar-refractivity contribution in [2.75, 3.05) is 13.2 Å². The molecule has 4 nitrogen and oxygen atoms in total. The van der Waals surface area contributed by atoms with E-state index in [1.807, 2.05) is 47.1 Å². The number of nitrogens with zero attached hydrogens (tertiary/aromatic N) is 2. The van der Waals surface area contributed by atoms with Gasteiger partial charge in [-0.05, 0) is 30.3 Å². The van der Waals surface area contributed by atoms with Crippen molar-refractivity contribution in [3.63, 3.8) is 0 Å². The summed E-state index contributed by atoms with van der Waals surface area (Å²) in [5.74, 6) is 1.58. The van der Waals surface area contributed by atoms with Crippen molar-refractivity contribution in [1.82, 2.24) is 9.38 Å². The fourth-order valence-corrected chi connectivity index (χ4v) is 2.62. The number of aromatic nitrogens is 2. The third-order valence-electron chi connectivity index (χ3n) is 3.26. The first kappa shape index (κ1) is 11.8. The molecule has 0 bridgehead atoms. The smallest absolute Gasteiger partial charge is 0.162 e. The maximum absolute atomic E-state index is 5.61. The normalized spacial score (nSPS) is 13.7. The predicted molar refractivity (Wildman–Crippen MR) is 79.3 cm³/mol. The quantitative estimate of drug-likeness (QED) is 0.684. The highest BCUT2D eigenvalue weighted by Gasteiger charge is 2.13. The van der Waals surface area contributed by atoms with Crippen molar-refractivity contribution in [3.8, 4) is 22.8 Å². The maximum atomic E-state index is 5.61. The average Bonchev–Trinajstić information content (AvgIpc) is 2.89. The summed E-state index contributed by atoms with van der Waals surface area (Å²) in [5.41, 5.74) is 2.85. The number of benzene rings is 1. The minimum Gasteiger partial charge on any atom is -0.486 e. The predicted octanol–water partition coefficient (Wildman–Crippen LogP) is 3.54. The Morgan fingerprint density at radius 3 is 2.80 bits per heavy atom. The zero-order valence-corrected chi connectivity index (χ0v) is 12.1. The number of halogens is 1. The van der Waals surface area contributed by atoms with E-state index in [4.69, 9.17) is 9.47 Å². The molecule has 1 aliphatic heterocycles. The van der Waals surface area contributed by atoms with Crippen LogP contribution in [0.4, 0.5) is 0 Å². The van der Waals surface area contributed by atoms with Gasteiger partial charge >= 0.3 is 0 Å². The summed E-state index contributed by atoms with van der Waals surface area (Å²) >= 11 is 3.46. The third-order valence-corrected chi connectivity index (χ3v) is 3.75. The minimum absolute atomic E-state index is 0.592. The number of fused-ring (bicyclic) bond motifs is 2. The molecule has 0 fully saturated rings. The summed E-state index contributed by atoms with van der Waals surface area (Å²) in [4.78, 5) is 4.63. The number of rotatable bonds is 1. The van der Waals surface area contributed by atoms with Crippen LogP contribution in [-0.2, 0) is 0 Å². The van der Waals surface area contributed by atoms with Gasteiger partial charge in [0.1, 0.15) is 18.9 Å². The van der Waals surface area contributed by atoms with Gasteiger partial charge in [-0.3, -0.25) is 0 Å². The Bertz CT molecular complexity index is 798. The van der Waals surface area contributed by atoms with Gasteiger partial charge in [-0.2, -0.15) is 0 Å². The Kier molecular flexibility index (Phi) is 2.67. The van der Waals surface area contributed by atoms with Gasteiger partial charge < -0.3 is 13.9 Å². The first-order chi connectivity index (χ1) is 9.79. The molecule has 3 heterocycles. The van der Waals surface area contributed by atoms with Gasteiger partial charge in [0.2, 0.25) is 0 Å². The van der Waals surface area contributed by atoms with Gasteiger partial charge in [-0.25, -0.2) is 4.98 Å². The van der Waals surface area contributed by atoms with Gasteiger partial charge in [0.15, 0.2) is 11.5 Å². The number of hydrogen-bond donors (Lipinski definition) is 0. The second kappa shape index (κ2) is 4.52. The average molecular weight is 331 g/mol. The van der Waals surface area contributed by atoms with E-state index in [-0.39, 0.29) is 0 Å². The van der Waals surface area contributed by atoms with Crippen LogP contribution in [0.2, 0.25) is 0 Å². The summed E-state index contributed by atoms with van der Waals surface area (Å²) in [5, 5.41) is 0. The fraction of sp³-hybridized carbons (Fsp3) is 0.133. The van der Waals surface area contributed by atoms with Crippen molar-refractivity contribution in [1.29, 1.82) is 0 Å². The summed E-state index contributed by atoms with van der Waals surface area (Å²) in [6.45, 7) is 1.20. The summed E-state index contributed by atoms with van der Waals surface area (Å²) < 4.78 is 14.2. The van der Waals surface area contributed by atoms with Crippen LogP contribution >= 0.6 is 15.9 Å². The zero-order chi connectivity index (χ0) is 13.5. The molecular weight excluding hydrogens is 320 g/mol. The molecule has 0 N–H and O–H groups in total. The Morgan fingerprint density at radius 2 is 1.90 bits per heavy atom. The number of hydrogen-bond acceptors (Lipinski definition) is 3.